The minimum Gasteiger partial charge on any atom is -0.370 e. The topological polar surface area (TPSA) is 15.3 Å². The third-order valence-corrected chi connectivity index (χ3v) is 5.11. The van der Waals surface area contributed by atoms with Crippen LogP contribution in [0.1, 0.15) is 37.4 Å². The van der Waals surface area contributed by atoms with Crippen LogP contribution in [0, 0.1) is 0 Å². The molecular weight excluding hydrogens is 344 g/mol. The Kier molecular flexibility index (Phi) is 6.27. The molecule has 21 heavy (non-hydrogen) atoms. The van der Waals surface area contributed by atoms with Crippen molar-refractivity contribution in [2.45, 2.75) is 32.9 Å². The molecule has 0 radical (unpaired) electrons. The zero-order valence-corrected chi connectivity index (χ0v) is 15.3. The Hall–Kier alpha value is -0.840. The lowest BCUT2D eigenvalue weighted by Gasteiger charge is -2.25. The number of anilines is 1. The monoisotopic (exact) mass is 366 g/mol. The van der Waals surface area contributed by atoms with Crippen LogP contribution in [0.25, 0.3) is 0 Å². The van der Waals surface area contributed by atoms with Crippen LogP contribution < -0.4 is 10.2 Å². The number of hydrogen-bond acceptors (Lipinski definition) is 3. The van der Waals surface area contributed by atoms with Gasteiger partial charge in [-0.05, 0) is 64.5 Å². The van der Waals surface area contributed by atoms with Gasteiger partial charge in [-0.3, -0.25) is 0 Å². The predicted molar refractivity (Wildman–Crippen MR) is 97.3 cm³/mol. The Morgan fingerprint density at radius 3 is 2.76 bits per heavy atom. The number of thiophene rings is 1. The first-order valence-corrected chi connectivity index (χ1v) is 9.05. The Balaban J connectivity index is 2.14. The van der Waals surface area contributed by atoms with Gasteiger partial charge in [0.1, 0.15) is 0 Å². The van der Waals surface area contributed by atoms with Crippen molar-refractivity contribution in [2.75, 3.05) is 18.5 Å². The molecule has 1 aromatic heterocycles. The van der Waals surface area contributed by atoms with Crippen LogP contribution in [0.5, 0.6) is 0 Å². The molecule has 0 spiro atoms. The molecule has 2 aromatic rings. The van der Waals surface area contributed by atoms with Gasteiger partial charge in [-0.2, -0.15) is 0 Å². The summed E-state index contributed by atoms with van der Waals surface area (Å²) in [5, 5.41) is 5.79. The highest BCUT2D eigenvalue weighted by molar-refractivity contribution is 9.11. The van der Waals surface area contributed by atoms with E-state index in [0.29, 0.717) is 6.04 Å². The number of para-hydroxylation sites is 1. The van der Waals surface area contributed by atoms with Gasteiger partial charge >= 0.3 is 0 Å². The molecule has 2 nitrogen and oxygen atoms in total. The molecule has 0 bridgehead atoms. The summed E-state index contributed by atoms with van der Waals surface area (Å²) in [6, 6.07) is 11.2. The molecule has 0 saturated carbocycles. The van der Waals surface area contributed by atoms with E-state index in [2.05, 4.69) is 82.8 Å². The number of hydrogen-bond donors (Lipinski definition) is 1. The summed E-state index contributed by atoms with van der Waals surface area (Å²) in [4.78, 5) is 2.33. The molecule has 1 unspecified atom stereocenters. The van der Waals surface area contributed by atoms with Gasteiger partial charge in [-0.1, -0.05) is 25.1 Å². The molecule has 0 aliphatic rings. The number of nitrogens with zero attached hydrogens (tertiary/aromatic N) is 1. The van der Waals surface area contributed by atoms with E-state index in [1.165, 1.54) is 20.6 Å². The van der Waals surface area contributed by atoms with E-state index in [1.54, 1.807) is 11.3 Å². The second-order valence-electron chi connectivity index (χ2n) is 5.35. The fourth-order valence-corrected chi connectivity index (χ4v) is 3.66. The maximum absolute atomic E-state index is 3.58. The van der Waals surface area contributed by atoms with E-state index >= 15 is 0 Å². The average molecular weight is 367 g/mol. The number of nitrogens with one attached hydrogen (secondary N) is 1. The molecule has 1 heterocycles. The molecule has 4 heteroatoms. The SMILES string of the molecule is CCCNC(C)c1ccccc1N(C)Cc1csc(Br)c1. The quantitative estimate of drug-likeness (QED) is 0.723. The summed E-state index contributed by atoms with van der Waals surface area (Å²) >= 11 is 5.28. The van der Waals surface area contributed by atoms with Gasteiger partial charge in [-0.15, -0.1) is 11.3 Å². The molecule has 1 atom stereocenters. The van der Waals surface area contributed by atoms with Crippen LogP contribution in [0.4, 0.5) is 5.69 Å². The van der Waals surface area contributed by atoms with E-state index in [9.17, 15) is 0 Å². The van der Waals surface area contributed by atoms with Gasteiger partial charge < -0.3 is 10.2 Å². The van der Waals surface area contributed by atoms with Crippen LogP contribution in [-0.2, 0) is 6.54 Å². The van der Waals surface area contributed by atoms with Gasteiger partial charge in [0.05, 0.1) is 3.79 Å². The molecule has 114 valence electrons. The van der Waals surface area contributed by atoms with Crippen LogP contribution in [-0.4, -0.2) is 13.6 Å². The number of halogens is 1. The van der Waals surface area contributed by atoms with Crippen LogP contribution in [0.15, 0.2) is 39.5 Å². The zero-order chi connectivity index (χ0) is 15.2. The maximum Gasteiger partial charge on any atom is 0.0701 e. The zero-order valence-electron chi connectivity index (χ0n) is 12.9. The lowest BCUT2D eigenvalue weighted by atomic mass is 10.0. The first-order valence-electron chi connectivity index (χ1n) is 7.38. The molecular formula is C17H23BrN2S. The van der Waals surface area contributed by atoms with E-state index in [4.69, 9.17) is 0 Å². The van der Waals surface area contributed by atoms with E-state index in [-0.39, 0.29) is 0 Å². The van der Waals surface area contributed by atoms with E-state index in [1.807, 2.05) is 0 Å². The van der Waals surface area contributed by atoms with Crippen molar-refractivity contribution in [1.82, 2.24) is 5.32 Å². The van der Waals surface area contributed by atoms with Crippen molar-refractivity contribution in [3.8, 4) is 0 Å². The van der Waals surface area contributed by atoms with Gasteiger partial charge in [0.15, 0.2) is 0 Å². The van der Waals surface area contributed by atoms with Crippen molar-refractivity contribution in [3.63, 3.8) is 0 Å². The van der Waals surface area contributed by atoms with E-state index in [0.717, 1.165) is 19.5 Å². The third-order valence-electron chi connectivity index (χ3n) is 3.56. The summed E-state index contributed by atoms with van der Waals surface area (Å²) in [5.41, 5.74) is 4.01. The third kappa shape index (κ3) is 4.56. The van der Waals surface area contributed by atoms with Gasteiger partial charge in [0.25, 0.3) is 0 Å². The largest absolute Gasteiger partial charge is 0.370 e. The number of benzene rings is 1. The van der Waals surface area contributed by atoms with Crippen molar-refractivity contribution in [1.29, 1.82) is 0 Å². The molecule has 0 saturated heterocycles. The van der Waals surface area contributed by atoms with Gasteiger partial charge in [0.2, 0.25) is 0 Å². The molecule has 2 rings (SSSR count). The number of rotatable bonds is 7. The Morgan fingerprint density at radius 2 is 2.10 bits per heavy atom. The average Bonchev–Trinajstić information content (AvgIpc) is 2.89. The fraction of sp³-hybridized carbons (Fsp3) is 0.412. The maximum atomic E-state index is 3.58. The highest BCUT2D eigenvalue weighted by atomic mass is 79.9. The molecule has 0 fully saturated rings. The Morgan fingerprint density at radius 1 is 1.33 bits per heavy atom. The van der Waals surface area contributed by atoms with Crippen LogP contribution in [0.3, 0.4) is 0 Å². The van der Waals surface area contributed by atoms with Crippen molar-refractivity contribution >= 4 is 33.0 Å². The molecule has 1 N–H and O–H groups in total. The smallest absolute Gasteiger partial charge is 0.0701 e. The standard InChI is InChI=1S/C17H23BrN2S/c1-4-9-19-13(2)15-7-5-6-8-16(15)20(3)11-14-10-17(18)21-12-14/h5-8,10,12-13,19H,4,9,11H2,1-3H3. The lowest BCUT2D eigenvalue weighted by Crippen LogP contribution is -2.23. The van der Waals surface area contributed by atoms with Crippen molar-refractivity contribution in [2.24, 2.45) is 0 Å². The minimum atomic E-state index is 0.373. The molecule has 0 aliphatic heterocycles. The fourth-order valence-electron chi connectivity index (χ4n) is 2.46. The van der Waals surface area contributed by atoms with Crippen LogP contribution in [0.2, 0.25) is 0 Å². The first kappa shape index (κ1) is 16.5. The summed E-state index contributed by atoms with van der Waals surface area (Å²) < 4.78 is 1.19. The van der Waals surface area contributed by atoms with E-state index < -0.39 is 0 Å². The predicted octanol–water partition coefficient (Wildman–Crippen LogP) is 5.21. The summed E-state index contributed by atoms with van der Waals surface area (Å²) in [5.74, 6) is 0. The van der Waals surface area contributed by atoms with Crippen molar-refractivity contribution < 1.29 is 0 Å². The minimum absolute atomic E-state index is 0.373. The van der Waals surface area contributed by atoms with Gasteiger partial charge in [0, 0.05) is 25.3 Å². The van der Waals surface area contributed by atoms with Crippen molar-refractivity contribution in [3.05, 3.63) is 50.6 Å². The Bertz CT molecular complexity index is 567. The molecule has 0 aliphatic carbocycles. The summed E-state index contributed by atoms with van der Waals surface area (Å²) in [7, 11) is 2.16. The second-order valence-corrected chi connectivity index (χ2v) is 7.64. The highest BCUT2D eigenvalue weighted by Gasteiger charge is 2.13. The Labute approximate surface area is 140 Å². The lowest BCUT2D eigenvalue weighted by molar-refractivity contribution is 0.570. The summed E-state index contributed by atoms with van der Waals surface area (Å²) in [6.07, 6.45) is 1.16. The summed E-state index contributed by atoms with van der Waals surface area (Å²) in [6.45, 7) is 6.42. The van der Waals surface area contributed by atoms with Gasteiger partial charge in [-0.25, -0.2) is 0 Å². The molecule has 1 aromatic carbocycles. The second kappa shape index (κ2) is 7.97. The highest BCUT2D eigenvalue weighted by Crippen LogP contribution is 2.28. The van der Waals surface area contributed by atoms with Crippen LogP contribution >= 0.6 is 27.3 Å². The molecule has 0 amide bonds. The normalized spacial score (nSPS) is 12.4. The first-order chi connectivity index (χ1) is 10.1.